The number of hydrazone groups is 1. The number of aryl methyl sites for hydroxylation is 1. The molecule has 3 rings (SSSR count). The third kappa shape index (κ3) is 3.57. The molecule has 0 aliphatic heterocycles. The second-order valence-corrected chi connectivity index (χ2v) is 6.51. The number of aromatic amines is 1. The van der Waals surface area contributed by atoms with Crippen molar-refractivity contribution in [2.24, 2.45) is 5.10 Å². The van der Waals surface area contributed by atoms with Crippen LogP contribution < -0.4 is 5.43 Å². The first-order chi connectivity index (χ1) is 11.5. The van der Waals surface area contributed by atoms with Gasteiger partial charge in [-0.2, -0.15) is 10.2 Å². The second kappa shape index (κ2) is 6.76. The van der Waals surface area contributed by atoms with E-state index in [0.29, 0.717) is 5.71 Å². The first-order valence-electron chi connectivity index (χ1n) is 7.26. The zero-order valence-electron chi connectivity index (χ0n) is 13.1. The Hall–Kier alpha value is -2.80. The van der Waals surface area contributed by atoms with Crippen LogP contribution in [0.15, 0.2) is 47.6 Å². The first-order valence-corrected chi connectivity index (χ1v) is 8.07. The van der Waals surface area contributed by atoms with Crippen molar-refractivity contribution >= 4 is 23.0 Å². The summed E-state index contributed by atoms with van der Waals surface area (Å²) in [6.07, 6.45) is 0. The van der Waals surface area contributed by atoms with Crippen molar-refractivity contribution in [2.75, 3.05) is 0 Å². The van der Waals surface area contributed by atoms with Crippen LogP contribution in [0.4, 0.5) is 4.39 Å². The quantitative estimate of drug-likeness (QED) is 0.560. The number of benzene rings is 1. The van der Waals surface area contributed by atoms with E-state index in [1.807, 2.05) is 19.1 Å². The molecule has 0 fully saturated rings. The monoisotopic (exact) mass is 342 g/mol. The van der Waals surface area contributed by atoms with Gasteiger partial charge >= 0.3 is 0 Å². The summed E-state index contributed by atoms with van der Waals surface area (Å²) in [6, 6.07) is 11.6. The summed E-state index contributed by atoms with van der Waals surface area (Å²) in [5, 5.41) is 10.9. The third-order valence-corrected chi connectivity index (χ3v) is 4.44. The van der Waals surface area contributed by atoms with Crippen LogP contribution in [0.25, 0.3) is 10.6 Å². The summed E-state index contributed by atoms with van der Waals surface area (Å²) in [5.41, 5.74) is 4.81. The third-order valence-electron chi connectivity index (χ3n) is 3.40. The summed E-state index contributed by atoms with van der Waals surface area (Å²) in [5.74, 6) is -0.726. The van der Waals surface area contributed by atoms with Gasteiger partial charge < -0.3 is 0 Å². The van der Waals surface area contributed by atoms with Crippen molar-refractivity contribution in [3.05, 3.63) is 64.4 Å². The molecule has 0 saturated heterocycles. The van der Waals surface area contributed by atoms with Crippen molar-refractivity contribution in [1.29, 1.82) is 0 Å². The number of H-pyrrole nitrogens is 1. The van der Waals surface area contributed by atoms with Gasteiger partial charge in [-0.05, 0) is 49.7 Å². The molecule has 5 nitrogen and oxygen atoms in total. The number of rotatable bonds is 4. The molecule has 24 heavy (non-hydrogen) atoms. The van der Waals surface area contributed by atoms with Crippen LogP contribution in [0.2, 0.25) is 0 Å². The highest BCUT2D eigenvalue weighted by Crippen LogP contribution is 2.26. The molecule has 0 spiro atoms. The molecule has 0 atom stereocenters. The number of carbonyl (C=O) groups excluding carboxylic acids is 1. The van der Waals surface area contributed by atoms with Crippen molar-refractivity contribution in [3.63, 3.8) is 0 Å². The molecule has 2 N–H and O–H groups in total. The van der Waals surface area contributed by atoms with E-state index in [9.17, 15) is 9.18 Å². The summed E-state index contributed by atoms with van der Waals surface area (Å²) >= 11 is 1.62. The first kappa shape index (κ1) is 16.1. The summed E-state index contributed by atoms with van der Waals surface area (Å²) in [7, 11) is 0. The van der Waals surface area contributed by atoms with Gasteiger partial charge in [0.25, 0.3) is 5.91 Å². The SMILES string of the molecule is C/C(=N/NC(=O)c1cc(-c2ccc(C)s2)[nH]n1)c1ccc(F)cc1. The number of aromatic nitrogens is 2. The molecule has 0 aliphatic carbocycles. The molecule has 2 aromatic heterocycles. The van der Waals surface area contributed by atoms with Crippen LogP contribution >= 0.6 is 11.3 Å². The maximum absolute atomic E-state index is 12.9. The number of halogens is 1. The van der Waals surface area contributed by atoms with Gasteiger partial charge in [-0.15, -0.1) is 11.3 Å². The minimum atomic E-state index is -0.410. The Kier molecular flexibility index (Phi) is 4.52. The minimum Gasteiger partial charge on any atom is -0.276 e. The van der Waals surface area contributed by atoms with Crippen LogP contribution in [0.5, 0.6) is 0 Å². The van der Waals surface area contributed by atoms with Crippen molar-refractivity contribution in [3.8, 4) is 10.6 Å². The fourth-order valence-corrected chi connectivity index (χ4v) is 2.92. The maximum atomic E-state index is 12.9. The number of nitrogens with one attached hydrogen (secondary N) is 2. The minimum absolute atomic E-state index is 0.256. The highest BCUT2D eigenvalue weighted by molar-refractivity contribution is 7.15. The number of amides is 1. The molecular formula is C17H15FN4OS. The molecule has 0 bridgehead atoms. The van der Waals surface area contributed by atoms with Crippen LogP contribution in [0, 0.1) is 12.7 Å². The van der Waals surface area contributed by atoms with E-state index < -0.39 is 5.91 Å². The molecule has 0 saturated carbocycles. The van der Waals surface area contributed by atoms with E-state index in [-0.39, 0.29) is 11.5 Å². The Morgan fingerprint density at radius 3 is 2.67 bits per heavy atom. The Balaban J connectivity index is 1.70. The Bertz CT molecular complexity index is 895. The molecule has 1 aromatic carbocycles. The number of hydrogen-bond donors (Lipinski definition) is 2. The highest BCUT2D eigenvalue weighted by Gasteiger charge is 2.12. The van der Waals surface area contributed by atoms with E-state index >= 15 is 0 Å². The number of thiophene rings is 1. The summed E-state index contributed by atoms with van der Waals surface area (Å²) in [4.78, 5) is 14.3. The number of nitrogens with zero attached hydrogens (tertiary/aromatic N) is 2. The van der Waals surface area contributed by atoms with Gasteiger partial charge in [-0.1, -0.05) is 12.1 Å². The lowest BCUT2D eigenvalue weighted by atomic mass is 10.1. The van der Waals surface area contributed by atoms with Gasteiger partial charge in [-0.25, -0.2) is 9.82 Å². The van der Waals surface area contributed by atoms with E-state index in [0.717, 1.165) is 16.1 Å². The van der Waals surface area contributed by atoms with Crippen LogP contribution in [-0.4, -0.2) is 21.8 Å². The van der Waals surface area contributed by atoms with Crippen molar-refractivity contribution in [2.45, 2.75) is 13.8 Å². The molecular weight excluding hydrogens is 327 g/mol. The molecule has 3 aromatic rings. The summed E-state index contributed by atoms with van der Waals surface area (Å²) < 4.78 is 12.9. The molecule has 2 heterocycles. The lowest BCUT2D eigenvalue weighted by molar-refractivity contribution is 0.0950. The van der Waals surface area contributed by atoms with Gasteiger partial charge in [0.2, 0.25) is 0 Å². The number of carbonyl (C=O) groups is 1. The van der Waals surface area contributed by atoms with Crippen LogP contribution in [0.1, 0.15) is 27.9 Å². The van der Waals surface area contributed by atoms with E-state index in [4.69, 9.17) is 0 Å². The Labute approximate surface area is 142 Å². The van der Waals surface area contributed by atoms with Gasteiger partial charge in [0.15, 0.2) is 5.69 Å². The molecule has 7 heteroatoms. The van der Waals surface area contributed by atoms with Crippen LogP contribution in [0.3, 0.4) is 0 Å². The highest BCUT2D eigenvalue weighted by atomic mass is 32.1. The van der Waals surface area contributed by atoms with Crippen molar-refractivity contribution < 1.29 is 9.18 Å². The molecule has 0 radical (unpaired) electrons. The van der Waals surface area contributed by atoms with E-state index in [2.05, 4.69) is 20.7 Å². The predicted octanol–water partition coefficient (Wildman–Crippen LogP) is 3.74. The molecule has 0 unspecified atom stereocenters. The molecule has 0 aliphatic rings. The van der Waals surface area contributed by atoms with Gasteiger partial charge in [-0.3, -0.25) is 9.89 Å². The van der Waals surface area contributed by atoms with E-state index in [1.54, 1.807) is 36.5 Å². The Morgan fingerprint density at radius 2 is 2.00 bits per heavy atom. The maximum Gasteiger partial charge on any atom is 0.291 e. The predicted molar refractivity (Wildman–Crippen MR) is 92.7 cm³/mol. The molecule has 122 valence electrons. The average Bonchev–Trinajstić information content (AvgIpc) is 3.22. The smallest absolute Gasteiger partial charge is 0.276 e. The topological polar surface area (TPSA) is 70.1 Å². The fraction of sp³-hybridized carbons (Fsp3) is 0.118. The Morgan fingerprint density at radius 1 is 1.25 bits per heavy atom. The van der Waals surface area contributed by atoms with Gasteiger partial charge in [0.1, 0.15) is 5.82 Å². The molecule has 1 amide bonds. The van der Waals surface area contributed by atoms with Crippen LogP contribution in [-0.2, 0) is 0 Å². The van der Waals surface area contributed by atoms with E-state index in [1.165, 1.54) is 17.0 Å². The largest absolute Gasteiger partial charge is 0.291 e. The lowest BCUT2D eigenvalue weighted by Gasteiger charge is -2.01. The van der Waals surface area contributed by atoms with Gasteiger partial charge in [0, 0.05) is 4.88 Å². The fourth-order valence-electron chi connectivity index (χ4n) is 2.09. The zero-order chi connectivity index (χ0) is 17.1. The normalized spacial score (nSPS) is 11.5. The average molecular weight is 342 g/mol. The standard InChI is InChI=1S/C17H15FN4OS/c1-10-3-8-16(24-10)14-9-15(21-20-14)17(23)22-19-11(2)12-4-6-13(18)7-5-12/h3-9H,1-2H3,(H,20,21)(H,22,23)/b19-11-. The zero-order valence-corrected chi connectivity index (χ0v) is 13.9. The summed E-state index contributed by atoms with van der Waals surface area (Å²) in [6.45, 7) is 3.75. The lowest BCUT2D eigenvalue weighted by Crippen LogP contribution is -2.19. The second-order valence-electron chi connectivity index (χ2n) is 5.22. The van der Waals surface area contributed by atoms with Crippen molar-refractivity contribution in [1.82, 2.24) is 15.6 Å². The van der Waals surface area contributed by atoms with Gasteiger partial charge in [0.05, 0.1) is 16.3 Å². The number of hydrogen-bond acceptors (Lipinski definition) is 4.